The first-order chi connectivity index (χ1) is 12.5. The number of nitrogens with zero attached hydrogens (tertiary/aromatic N) is 1. The monoisotopic (exact) mass is 391 g/mol. The predicted octanol–water partition coefficient (Wildman–Crippen LogP) is 2.41. The summed E-state index contributed by atoms with van der Waals surface area (Å²) >= 11 is 0. The van der Waals surface area contributed by atoms with Crippen LogP contribution in [0.4, 0.5) is 0 Å². The summed E-state index contributed by atoms with van der Waals surface area (Å²) in [5.41, 5.74) is 1.19. The van der Waals surface area contributed by atoms with Gasteiger partial charge < -0.3 is 10.1 Å². The van der Waals surface area contributed by atoms with Gasteiger partial charge in [-0.3, -0.25) is 4.79 Å². The fraction of sp³-hybridized carbons (Fsp3) is 0.368. The molecule has 0 bridgehead atoms. The Balaban J connectivity index is 2.18. The van der Waals surface area contributed by atoms with Crippen LogP contribution in [-0.4, -0.2) is 32.0 Å². The Labute approximate surface area is 160 Å². The van der Waals surface area contributed by atoms with Crippen molar-refractivity contribution in [1.29, 1.82) is 0 Å². The van der Waals surface area contributed by atoms with Gasteiger partial charge >= 0.3 is 0 Å². The van der Waals surface area contributed by atoms with Crippen LogP contribution in [-0.2, 0) is 16.6 Å². The molecule has 2 aromatic rings. The minimum Gasteiger partial charge on any atom is -0.481 e. The predicted molar refractivity (Wildman–Crippen MR) is 103 cm³/mol. The van der Waals surface area contributed by atoms with E-state index in [0.717, 1.165) is 5.56 Å². The third kappa shape index (κ3) is 5.77. The van der Waals surface area contributed by atoms with Gasteiger partial charge in [-0.05, 0) is 51.0 Å². The molecule has 0 unspecified atom stereocenters. The van der Waals surface area contributed by atoms with E-state index in [4.69, 9.17) is 4.74 Å². The fourth-order valence-electron chi connectivity index (χ4n) is 2.39. The Kier molecular flexibility index (Phi) is 6.22. The average molecular weight is 391 g/mol. The first kappa shape index (κ1) is 20.9. The van der Waals surface area contributed by atoms with Gasteiger partial charge in [0.1, 0.15) is 0 Å². The molecule has 7 nitrogen and oxygen atoms in total. The zero-order chi connectivity index (χ0) is 20.2. The molecule has 0 aliphatic rings. The van der Waals surface area contributed by atoms with Gasteiger partial charge in [-0.1, -0.05) is 12.1 Å². The third-order valence-corrected chi connectivity index (χ3v) is 5.42. The number of carbonyl (C=O) groups is 1. The van der Waals surface area contributed by atoms with E-state index in [1.165, 1.54) is 19.2 Å². The number of nitrogens with one attached hydrogen (secondary N) is 2. The molecule has 8 heteroatoms. The number of amides is 1. The van der Waals surface area contributed by atoms with Crippen LogP contribution in [0.2, 0.25) is 0 Å². The zero-order valence-corrected chi connectivity index (χ0v) is 17.0. The Morgan fingerprint density at radius 1 is 1.19 bits per heavy atom. The maximum absolute atomic E-state index is 12.6. The summed E-state index contributed by atoms with van der Waals surface area (Å²) < 4.78 is 32.6. The zero-order valence-electron chi connectivity index (χ0n) is 16.2. The number of pyridine rings is 1. The van der Waals surface area contributed by atoms with Crippen molar-refractivity contribution in [2.24, 2.45) is 0 Å². The lowest BCUT2D eigenvalue weighted by molar-refractivity contribution is 0.0950. The van der Waals surface area contributed by atoms with Gasteiger partial charge in [-0.15, -0.1) is 0 Å². The standard InChI is InChI=1S/C19H25N3O4S/c1-13-6-8-15(27(24,25)22-19(2,3)4)10-16(13)18(23)21-12-14-7-9-17(26-5)20-11-14/h6-11,22H,12H2,1-5H3,(H,21,23). The van der Waals surface area contributed by atoms with Gasteiger partial charge in [0.15, 0.2) is 0 Å². The number of sulfonamides is 1. The van der Waals surface area contributed by atoms with E-state index < -0.39 is 15.6 Å². The molecule has 146 valence electrons. The van der Waals surface area contributed by atoms with Crippen LogP contribution >= 0.6 is 0 Å². The highest BCUT2D eigenvalue weighted by Crippen LogP contribution is 2.18. The van der Waals surface area contributed by atoms with Crippen molar-refractivity contribution in [2.75, 3.05) is 7.11 Å². The number of hydrogen-bond acceptors (Lipinski definition) is 5. The second-order valence-corrected chi connectivity index (χ2v) is 8.91. The highest BCUT2D eigenvalue weighted by Gasteiger charge is 2.23. The van der Waals surface area contributed by atoms with E-state index in [1.54, 1.807) is 52.1 Å². The molecule has 1 heterocycles. The molecule has 2 rings (SSSR count). The molecule has 0 spiro atoms. The van der Waals surface area contributed by atoms with Crippen LogP contribution in [0.5, 0.6) is 5.88 Å². The average Bonchev–Trinajstić information content (AvgIpc) is 2.58. The molecule has 27 heavy (non-hydrogen) atoms. The Bertz CT molecular complexity index is 917. The molecule has 0 aliphatic heterocycles. The Hall–Kier alpha value is -2.45. The molecule has 0 saturated heterocycles. The first-order valence-electron chi connectivity index (χ1n) is 8.43. The molecule has 0 aliphatic carbocycles. The number of rotatable bonds is 6. The Morgan fingerprint density at radius 2 is 1.89 bits per heavy atom. The quantitative estimate of drug-likeness (QED) is 0.788. The number of benzene rings is 1. The van der Waals surface area contributed by atoms with Gasteiger partial charge in [-0.25, -0.2) is 18.1 Å². The largest absolute Gasteiger partial charge is 0.481 e. The van der Waals surface area contributed by atoms with Crippen molar-refractivity contribution in [2.45, 2.75) is 44.7 Å². The lowest BCUT2D eigenvalue weighted by Crippen LogP contribution is -2.40. The molecule has 1 aromatic heterocycles. The summed E-state index contributed by atoms with van der Waals surface area (Å²) in [4.78, 5) is 16.7. The molecular weight excluding hydrogens is 366 g/mol. The summed E-state index contributed by atoms with van der Waals surface area (Å²) in [6, 6.07) is 8.02. The number of hydrogen-bond donors (Lipinski definition) is 2. The van der Waals surface area contributed by atoms with Crippen molar-refractivity contribution in [3.05, 3.63) is 53.2 Å². The summed E-state index contributed by atoms with van der Waals surface area (Å²) in [6.45, 7) is 7.31. The topological polar surface area (TPSA) is 97.4 Å². The number of aromatic nitrogens is 1. The van der Waals surface area contributed by atoms with Crippen LogP contribution in [0, 0.1) is 6.92 Å². The fourth-order valence-corrected chi connectivity index (χ4v) is 3.83. The lowest BCUT2D eigenvalue weighted by atomic mass is 10.1. The first-order valence-corrected chi connectivity index (χ1v) is 9.92. The summed E-state index contributed by atoms with van der Waals surface area (Å²) in [7, 11) is -2.19. The molecule has 0 radical (unpaired) electrons. The van der Waals surface area contributed by atoms with E-state index in [9.17, 15) is 13.2 Å². The lowest BCUT2D eigenvalue weighted by Gasteiger charge is -2.20. The van der Waals surface area contributed by atoms with Crippen LogP contribution in [0.1, 0.15) is 42.3 Å². The van der Waals surface area contributed by atoms with E-state index in [-0.39, 0.29) is 17.3 Å². The molecular formula is C19H25N3O4S. The third-order valence-electron chi connectivity index (χ3n) is 3.66. The van der Waals surface area contributed by atoms with Gasteiger partial charge in [0.25, 0.3) is 5.91 Å². The van der Waals surface area contributed by atoms with E-state index in [2.05, 4.69) is 15.0 Å². The normalized spacial score (nSPS) is 11.9. The number of methoxy groups -OCH3 is 1. The second kappa shape index (κ2) is 8.06. The van der Waals surface area contributed by atoms with Gasteiger partial charge in [0.2, 0.25) is 15.9 Å². The molecule has 0 saturated carbocycles. The van der Waals surface area contributed by atoms with Crippen molar-refractivity contribution in [3.8, 4) is 5.88 Å². The van der Waals surface area contributed by atoms with Crippen molar-refractivity contribution < 1.29 is 17.9 Å². The van der Waals surface area contributed by atoms with Crippen LogP contribution in [0.3, 0.4) is 0 Å². The number of ether oxygens (including phenoxy) is 1. The Morgan fingerprint density at radius 3 is 2.44 bits per heavy atom. The molecule has 2 N–H and O–H groups in total. The van der Waals surface area contributed by atoms with Crippen molar-refractivity contribution >= 4 is 15.9 Å². The van der Waals surface area contributed by atoms with Gasteiger partial charge in [0.05, 0.1) is 12.0 Å². The number of carbonyl (C=O) groups excluding carboxylic acids is 1. The summed E-state index contributed by atoms with van der Waals surface area (Å²) in [6.07, 6.45) is 1.61. The molecule has 0 atom stereocenters. The van der Waals surface area contributed by atoms with Gasteiger partial charge in [0, 0.05) is 29.9 Å². The summed E-state index contributed by atoms with van der Waals surface area (Å²) in [5, 5.41) is 2.79. The highest BCUT2D eigenvalue weighted by atomic mass is 32.2. The molecule has 1 amide bonds. The smallest absolute Gasteiger partial charge is 0.251 e. The van der Waals surface area contributed by atoms with Crippen molar-refractivity contribution in [3.63, 3.8) is 0 Å². The maximum Gasteiger partial charge on any atom is 0.251 e. The molecule has 1 aromatic carbocycles. The van der Waals surface area contributed by atoms with Crippen LogP contribution in [0.25, 0.3) is 0 Å². The van der Waals surface area contributed by atoms with E-state index in [0.29, 0.717) is 17.0 Å². The molecule has 0 fully saturated rings. The SMILES string of the molecule is COc1ccc(CNC(=O)c2cc(S(=O)(=O)NC(C)(C)C)ccc2C)cn1. The maximum atomic E-state index is 12.6. The van der Waals surface area contributed by atoms with E-state index >= 15 is 0 Å². The van der Waals surface area contributed by atoms with Gasteiger partial charge in [-0.2, -0.15) is 0 Å². The minimum atomic E-state index is -3.72. The second-order valence-electron chi connectivity index (χ2n) is 7.22. The van der Waals surface area contributed by atoms with Crippen molar-refractivity contribution in [1.82, 2.24) is 15.0 Å². The summed E-state index contributed by atoms with van der Waals surface area (Å²) in [5.74, 6) is 0.140. The number of aryl methyl sites for hydroxylation is 1. The minimum absolute atomic E-state index is 0.0549. The van der Waals surface area contributed by atoms with Crippen LogP contribution in [0.15, 0.2) is 41.4 Å². The van der Waals surface area contributed by atoms with E-state index in [1.807, 2.05) is 0 Å². The van der Waals surface area contributed by atoms with Crippen LogP contribution < -0.4 is 14.8 Å². The highest BCUT2D eigenvalue weighted by molar-refractivity contribution is 7.89.